The predicted molar refractivity (Wildman–Crippen MR) is 83.9 cm³/mol. The number of nitrogens with zero attached hydrogens (tertiary/aromatic N) is 1. The highest BCUT2D eigenvalue weighted by molar-refractivity contribution is 5.77. The van der Waals surface area contributed by atoms with Gasteiger partial charge in [-0.15, -0.1) is 0 Å². The van der Waals surface area contributed by atoms with Crippen LogP contribution in [0.5, 0.6) is 0 Å². The van der Waals surface area contributed by atoms with Crippen molar-refractivity contribution in [2.45, 2.75) is 52.0 Å². The lowest BCUT2D eigenvalue weighted by Crippen LogP contribution is -2.43. The van der Waals surface area contributed by atoms with Crippen LogP contribution in [0.3, 0.4) is 0 Å². The molecule has 1 aliphatic heterocycles. The van der Waals surface area contributed by atoms with Gasteiger partial charge in [0.1, 0.15) is 0 Å². The monoisotopic (exact) mass is 274 g/mol. The summed E-state index contributed by atoms with van der Waals surface area (Å²) in [5, 5.41) is 3.37. The first-order valence-electron chi connectivity index (χ1n) is 7.81. The number of rotatable bonds is 5. The van der Waals surface area contributed by atoms with Crippen molar-refractivity contribution in [2.24, 2.45) is 0 Å². The maximum absolute atomic E-state index is 12.3. The zero-order valence-corrected chi connectivity index (χ0v) is 12.7. The van der Waals surface area contributed by atoms with Crippen molar-refractivity contribution in [3.63, 3.8) is 0 Å². The zero-order valence-electron chi connectivity index (χ0n) is 12.7. The van der Waals surface area contributed by atoms with Gasteiger partial charge in [-0.3, -0.25) is 4.79 Å². The van der Waals surface area contributed by atoms with E-state index in [0.717, 1.165) is 31.6 Å². The Morgan fingerprint density at radius 1 is 1.35 bits per heavy atom. The summed E-state index contributed by atoms with van der Waals surface area (Å²) in [6, 6.07) is 8.67. The predicted octanol–water partition coefficient (Wildman–Crippen LogP) is 3.59. The molecule has 1 aromatic rings. The molecule has 1 fully saturated rings. The number of hydrogen-bond acceptors (Lipinski definition) is 2. The van der Waals surface area contributed by atoms with Crippen molar-refractivity contribution in [3.8, 4) is 0 Å². The topological polar surface area (TPSA) is 32.3 Å². The average molecular weight is 274 g/mol. The Bertz CT molecular complexity index is 444. The molecule has 1 N–H and O–H groups in total. The quantitative estimate of drug-likeness (QED) is 0.890. The van der Waals surface area contributed by atoms with E-state index >= 15 is 0 Å². The van der Waals surface area contributed by atoms with E-state index in [1.165, 1.54) is 18.4 Å². The molecule has 110 valence electrons. The summed E-state index contributed by atoms with van der Waals surface area (Å²) < 4.78 is 0. The van der Waals surface area contributed by atoms with Crippen LogP contribution in [0.2, 0.25) is 0 Å². The van der Waals surface area contributed by atoms with Gasteiger partial charge in [0.2, 0.25) is 5.91 Å². The number of carbonyl (C=O) groups excluding carboxylic acids is 1. The first kappa shape index (κ1) is 14.9. The number of nitrogens with one attached hydrogen (secondary N) is 1. The van der Waals surface area contributed by atoms with Crippen LogP contribution < -0.4 is 5.32 Å². The molecular weight excluding hydrogens is 248 g/mol. The summed E-state index contributed by atoms with van der Waals surface area (Å²) in [6.45, 7) is 5.93. The van der Waals surface area contributed by atoms with Gasteiger partial charge in [0.05, 0.1) is 0 Å². The number of para-hydroxylation sites is 1. The van der Waals surface area contributed by atoms with Crippen LogP contribution in [0.15, 0.2) is 24.3 Å². The van der Waals surface area contributed by atoms with Gasteiger partial charge >= 0.3 is 0 Å². The van der Waals surface area contributed by atoms with Gasteiger partial charge in [-0.05, 0) is 44.2 Å². The zero-order chi connectivity index (χ0) is 14.4. The van der Waals surface area contributed by atoms with E-state index < -0.39 is 0 Å². The van der Waals surface area contributed by atoms with Crippen molar-refractivity contribution in [1.82, 2.24) is 4.90 Å². The third-order valence-electron chi connectivity index (χ3n) is 4.22. The number of likely N-dealkylation sites (tertiary alicyclic amines) is 1. The van der Waals surface area contributed by atoms with Crippen molar-refractivity contribution in [3.05, 3.63) is 29.8 Å². The first-order chi connectivity index (χ1) is 9.72. The summed E-state index contributed by atoms with van der Waals surface area (Å²) in [4.78, 5) is 14.4. The van der Waals surface area contributed by atoms with E-state index in [9.17, 15) is 4.79 Å². The van der Waals surface area contributed by atoms with Crippen LogP contribution in [0.4, 0.5) is 5.69 Å². The molecule has 0 spiro atoms. The average Bonchev–Trinajstić information content (AvgIpc) is 2.49. The number of amides is 1. The molecule has 1 aromatic carbocycles. The van der Waals surface area contributed by atoms with Gasteiger partial charge in [0, 0.05) is 31.2 Å². The van der Waals surface area contributed by atoms with E-state index in [1.54, 1.807) is 0 Å². The molecule has 3 nitrogen and oxygen atoms in total. The van der Waals surface area contributed by atoms with Crippen LogP contribution in [-0.2, 0) is 4.79 Å². The standard InChI is InChI=1S/C17H26N2O/c1-3-15-9-6-7-13-19(15)17(20)11-12-18-16-10-5-4-8-14(16)2/h4-5,8,10,15,18H,3,6-7,9,11-13H2,1-2H3. The molecular formula is C17H26N2O. The fourth-order valence-corrected chi connectivity index (χ4v) is 2.97. The van der Waals surface area contributed by atoms with Crippen molar-refractivity contribution in [1.29, 1.82) is 0 Å². The lowest BCUT2D eigenvalue weighted by molar-refractivity contribution is -0.134. The first-order valence-corrected chi connectivity index (χ1v) is 7.81. The minimum atomic E-state index is 0.303. The maximum Gasteiger partial charge on any atom is 0.224 e. The second-order valence-electron chi connectivity index (χ2n) is 5.64. The Morgan fingerprint density at radius 2 is 2.15 bits per heavy atom. The number of aryl methyl sites for hydroxylation is 1. The van der Waals surface area contributed by atoms with Gasteiger partial charge < -0.3 is 10.2 Å². The number of piperidine rings is 1. The molecule has 0 aliphatic carbocycles. The Labute approximate surface area is 122 Å². The molecule has 0 saturated carbocycles. The van der Waals surface area contributed by atoms with Crippen molar-refractivity contribution < 1.29 is 4.79 Å². The number of benzene rings is 1. The number of hydrogen-bond donors (Lipinski definition) is 1. The minimum Gasteiger partial charge on any atom is -0.384 e. The lowest BCUT2D eigenvalue weighted by Gasteiger charge is -2.35. The fourth-order valence-electron chi connectivity index (χ4n) is 2.97. The molecule has 3 heteroatoms. The van der Waals surface area contributed by atoms with Crippen LogP contribution in [0.25, 0.3) is 0 Å². The van der Waals surface area contributed by atoms with Gasteiger partial charge in [0.15, 0.2) is 0 Å². The molecule has 1 amide bonds. The third-order valence-corrected chi connectivity index (χ3v) is 4.22. The second kappa shape index (κ2) is 7.32. The largest absolute Gasteiger partial charge is 0.384 e. The minimum absolute atomic E-state index is 0.303. The molecule has 1 atom stereocenters. The normalized spacial score (nSPS) is 18.9. The maximum atomic E-state index is 12.3. The van der Waals surface area contributed by atoms with E-state index in [2.05, 4.69) is 36.2 Å². The highest BCUT2D eigenvalue weighted by atomic mass is 16.2. The van der Waals surface area contributed by atoms with Crippen LogP contribution in [0.1, 0.15) is 44.6 Å². The van der Waals surface area contributed by atoms with Crippen molar-refractivity contribution >= 4 is 11.6 Å². The fraction of sp³-hybridized carbons (Fsp3) is 0.588. The molecule has 20 heavy (non-hydrogen) atoms. The highest BCUT2D eigenvalue weighted by Gasteiger charge is 2.24. The smallest absolute Gasteiger partial charge is 0.224 e. The molecule has 1 heterocycles. The molecule has 2 rings (SSSR count). The van der Waals surface area contributed by atoms with Crippen LogP contribution >= 0.6 is 0 Å². The molecule has 1 aliphatic rings. The molecule has 0 bridgehead atoms. The van der Waals surface area contributed by atoms with Gasteiger partial charge in [-0.1, -0.05) is 25.1 Å². The summed E-state index contributed by atoms with van der Waals surface area (Å²) in [5.74, 6) is 0.303. The Morgan fingerprint density at radius 3 is 2.90 bits per heavy atom. The van der Waals surface area contributed by atoms with E-state index in [4.69, 9.17) is 0 Å². The van der Waals surface area contributed by atoms with Gasteiger partial charge in [0.25, 0.3) is 0 Å². The van der Waals surface area contributed by atoms with Gasteiger partial charge in [-0.2, -0.15) is 0 Å². The van der Waals surface area contributed by atoms with Crippen molar-refractivity contribution in [2.75, 3.05) is 18.4 Å². The molecule has 1 unspecified atom stereocenters. The van der Waals surface area contributed by atoms with E-state index in [-0.39, 0.29) is 0 Å². The number of carbonyl (C=O) groups is 1. The summed E-state index contributed by atoms with van der Waals surface area (Å²) in [5.41, 5.74) is 2.36. The second-order valence-corrected chi connectivity index (χ2v) is 5.64. The van der Waals surface area contributed by atoms with E-state index in [0.29, 0.717) is 18.4 Å². The SMILES string of the molecule is CCC1CCCCN1C(=O)CCNc1ccccc1C. The summed E-state index contributed by atoms with van der Waals surface area (Å²) >= 11 is 0. The third kappa shape index (κ3) is 3.75. The summed E-state index contributed by atoms with van der Waals surface area (Å²) in [7, 11) is 0. The highest BCUT2D eigenvalue weighted by Crippen LogP contribution is 2.20. The Kier molecular flexibility index (Phi) is 5.45. The molecule has 1 saturated heterocycles. The van der Waals surface area contributed by atoms with Crippen LogP contribution in [0, 0.1) is 6.92 Å². The molecule has 0 aromatic heterocycles. The van der Waals surface area contributed by atoms with E-state index in [1.807, 2.05) is 12.1 Å². The Hall–Kier alpha value is -1.51. The summed E-state index contributed by atoms with van der Waals surface area (Å²) in [6.07, 6.45) is 5.27. The van der Waals surface area contributed by atoms with Gasteiger partial charge in [-0.25, -0.2) is 0 Å². The Balaban J connectivity index is 1.81. The lowest BCUT2D eigenvalue weighted by atomic mass is 9.99. The number of anilines is 1. The molecule has 0 radical (unpaired) electrons. The van der Waals surface area contributed by atoms with Crippen LogP contribution in [-0.4, -0.2) is 29.9 Å².